The molecule has 0 atom stereocenters. The summed E-state index contributed by atoms with van der Waals surface area (Å²) < 4.78 is 5.31. The normalized spacial score (nSPS) is 10.8. The predicted molar refractivity (Wildman–Crippen MR) is 48.0 cm³/mol. The molecule has 2 aromatic rings. The van der Waals surface area contributed by atoms with E-state index in [1.54, 1.807) is 12.1 Å². The van der Waals surface area contributed by atoms with Crippen LogP contribution in [0, 0.1) is 0 Å². The molecule has 0 aliphatic rings. The van der Waals surface area contributed by atoms with E-state index in [1.807, 2.05) is 6.26 Å². The largest absolute Gasteiger partial charge is 0.430 e. The second-order valence-corrected chi connectivity index (χ2v) is 3.00. The van der Waals surface area contributed by atoms with E-state index in [1.165, 1.54) is 11.8 Å². The fraction of sp³-hybridized carbons (Fsp3) is 0.143. The van der Waals surface area contributed by atoms with E-state index in [0.717, 1.165) is 0 Å². The first-order chi connectivity index (χ1) is 5.79. The third-order valence-electron chi connectivity index (χ3n) is 1.43. The average Bonchev–Trinajstić information content (AvgIpc) is 2.46. The average molecular weight is 181 g/mol. The molecule has 2 N–H and O–H groups in total. The van der Waals surface area contributed by atoms with E-state index in [-0.39, 0.29) is 0 Å². The lowest BCUT2D eigenvalue weighted by molar-refractivity contribution is 0.490. The van der Waals surface area contributed by atoms with Crippen molar-refractivity contribution in [2.24, 2.45) is 0 Å². The predicted octanol–water partition coefficient (Wildman–Crippen LogP) is 1.53. The van der Waals surface area contributed by atoms with Gasteiger partial charge in [-0.15, -0.1) is 0 Å². The summed E-state index contributed by atoms with van der Waals surface area (Å²) in [7, 11) is 0. The molecule has 0 bridgehead atoms. The third-order valence-corrected chi connectivity index (χ3v) is 1.95. The molecule has 0 unspecified atom stereocenters. The van der Waals surface area contributed by atoms with Crippen molar-refractivity contribution < 1.29 is 4.42 Å². The van der Waals surface area contributed by atoms with Crippen LogP contribution < -0.4 is 5.73 Å². The maximum Gasteiger partial charge on any atom is 0.258 e. The molecular formula is C7H7N3OS. The van der Waals surface area contributed by atoms with Crippen LogP contribution in [0.1, 0.15) is 0 Å². The van der Waals surface area contributed by atoms with Crippen molar-refractivity contribution in [3.8, 4) is 0 Å². The van der Waals surface area contributed by atoms with Gasteiger partial charge in [-0.2, -0.15) is 4.98 Å². The summed E-state index contributed by atoms with van der Waals surface area (Å²) in [6, 6.07) is 3.46. The maximum absolute atomic E-state index is 5.48. The molecule has 0 aliphatic heterocycles. The summed E-state index contributed by atoms with van der Waals surface area (Å²) in [5.41, 5.74) is 6.72. The molecule has 0 amide bonds. The number of hydrogen-bond donors (Lipinski definition) is 1. The van der Waals surface area contributed by atoms with Gasteiger partial charge in [-0.05, 0) is 18.4 Å². The van der Waals surface area contributed by atoms with Gasteiger partial charge in [-0.3, -0.25) is 0 Å². The minimum Gasteiger partial charge on any atom is -0.430 e. The van der Waals surface area contributed by atoms with Gasteiger partial charge in [-0.1, -0.05) is 11.8 Å². The minimum atomic E-state index is 0.462. The summed E-state index contributed by atoms with van der Waals surface area (Å²) in [5.74, 6) is 0.462. The first-order valence-electron chi connectivity index (χ1n) is 3.36. The number of anilines is 1. The molecule has 2 heterocycles. The number of hydrogen-bond acceptors (Lipinski definition) is 5. The molecule has 0 aromatic carbocycles. The van der Waals surface area contributed by atoms with Crippen LogP contribution in [-0.4, -0.2) is 16.2 Å². The van der Waals surface area contributed by atoms with Crippen LogP contribution in [0.4, 0.5) is 5.82 Å². The standard InChI is InChI=1S/C7H7N3OS/c1-12-7-10-6-4(11-7)2-3-5(8)9-6/h2-3H,1H3,(H2,8,9). The van der Waals surface area contributed by atoms with Gasteiger partial charge in [0.25, 0.3) is 5.22 Å². The monoisotopic (exact) mass is 181 g/mol. The number of oxazole rings is 1. The Morgan fingerprint density at radius 1 is 1.42 bits per heavy atom. The molecule has 0 saturated carbocycles. The summed E-state index contributed by atoms with van der Waals surface area (Å²) in [4.78, 5) is 8.10. The first kappa shape index (κ1) is 7.42. The lowest BCUT2D eigenvalue weighted by Gasteiger charge is -1.87. The zero-order valence-corrected chi connectivity index (χ0v) is 7.26. The van der Waals surface area contributed by atoms with Gasteiger partial charge in [0.2, 0.25) is 5.65 Å². The SMILES string of the molecule is CSc1nc2nc(N)ccc2o1. The molecular weight excluding hydrogens is 174 g/mol. The van der Waals surface area contributed by atoms with E-state index in [0.29, 0.717) is 22.3 Å². The van der Waals surface area contributed by atoms with Gasteiger partial charge in [0.1, 0.15) is 5.82 Å². The molecule has 0 spiro atoms. The Morgan fingerprint density at radius 2 is 2.25 bits per heavy atom. The van der Waals surface area contributed by atoms with E-state index in [2.05, 4.69) is 9.97 Å². The quantitative estimate of drug-likeness (QED) is 0.676. The van der Waals surface area contributed by atoms with Crippen molar-refractivity contribution in [3.63, 3.8) is 0 Å². The van der Waals surface area contributed by atoms with Gasteiger partial charge in [-0.25, -0.2) is 4.98 Å². The van der Waals surface area contributed by atoms with Gasteiger partial charge in [0, 0.05) is 0 Å². The summed E-state index contributed by atoms with van der Waals surface area (Å²) >= 11 is 1.44. The molecule has 5 heteroatoms. The molecule has 0 fully saturated rings. The minimum absolute atomic E-state index is 0.462. The second kappa shape index (κ2) is 2.67. The van der Waals surface area contributed by atoms with Gasteiger partial charge < -0.3 is 10.2 Å². The Kier molecular flexibility index (Phi) is 1.65. The van der Waals surface area contributed by atoms with Crippen LogP contribution in [0.3, 0.4) is 0 Å². The summed E-state index contributed by atoms with van der Waals surface area (Å²) in [6.07, 6.45) is 1.90. The fourth-order valence-corrected chi connectivity index (χ4v) is 1.25. The highest BCUT2D eigenvalue weighted by molar-refractivity contribution is 7.98. The highest BCUT2D eigenvalue weighted by Crippen LogP contribution is 2.20. The zero-order valence-electron chi connectivity index (χ0n) is 6.44. The second-order valence-electron chi connectivity index (χ2n) is 2.24. The smallest absolute Gasteiger partial charge is 0.258 e. The summed E-state index contributed by atoms with van der Waals surface area (Å²) in [5, 5.41) is 0.614. The van der Waals surface area contributed by atoms with Crippen LogP contribution in [0.25, 0.3) is 11.2 Å². The Bertz CT molecular complexity index is 412. The van der Waals surface area contributed by atoms with Crippen LogP contribution >= 0.6 is 11.8 Å². The number of pyridine rings is 1. The molecule has 2 rings (SSSR count). The first-order valence-corrected chi connectivity index (χ1v) is 4.59. The molecule has 0 radical (unpaired) electrons. The van der Waals surface area contributed by atoms with Gasteiger partial charge in [0.05, 0.1) is 0 Å². The van der Waals surface area contributed by atoms with E-state index >= 15 is 0 Å². The van der Waals surface area contributed by atoms with Crippen LogP contribution in [0.2, 0.25) is 0 Å². The molecule has 62 valence electrons. The molecule has 0 saturated heterocycles. The fourth-order valence-electron chi connectivity index (χ4n) is 0.901. The molecule has 4 nitrogen and oxygen atoms in total. The van der Waals surface area contributed by atoms with Crippen LogP contribution in [-0.2, 0) is 0 Å². The molecule has 0 aliphatic carbocycles. The third kappa shape index (κ3) is 1.12. The lowest BCUT2D eigenvalue weighted by Crippen LogP contribution is -1.88. The highest BCUT2D eigenvalue weighted by Gasteiger charge is 2.04. The van der Waals surface area contributed by atoms with Crippen molar-refractivity contribution in [2.75, 3.05) is 12.0 Å². The highest BCUT2D eigenvalue weighted by atomic mass is 32.2. The van der Waals surface area contributed by atoms with Crippen molar-refractivity contribution in [1.82, 2.24) is 9.97 Å². The van der Waals surface area contributed by atoms with Crippen LogP contribution in [0.5, 0.6) is 0 Å². The Hall–Kier alpha value is -1.23. The van der Waals surface area contributed by atoms with Gasteiger partial charge in [0.15, 0.2) is 5.58 Å². The van der Waals surface area contributed by atoms with E-state index in [4.69, 9.17) is 10.2 Å². The Morgan fingerprint density at radius 3 is 3.00 bits per heavy atom. The maximum atomic E-state index is 5.48. The van der Waals surface area contributed by atoms with Crippen LogP contribution in [0.15, 0.2) is 21.8 Å². The molecule has 2 aromatic heterocycles. The van der Waals surface area contributed by atoms with Gasteiger partial charge >= 0.3 is 0 Å². The molecule has 12 heavy (non-hydrogen) atoms. The van der Waals surface area contributed by atoms with Crippen molar-refractivity contribution >= 4 is 28.8 Å². The number of nitrogens with two attached hydrogens (primary N) is 1. The van der Waals surface area contributed by atoms with E-state index in [9.17, 15) is 0 Å². The Balaban J connectivity index is 2.67. The van der Waals surface area contributed by atoms with Crippen molar-refractivity contribution in [3.05, 3.63) is 12.1 Å². The number of fused-ring (bicyclic) bond motifs is 1. The van der Waals surface area contributed by atoms with E-state index < -0.39 is 0 Å². The number of aromatic nitrogens is 2. The van der Waals surface area contributed by atoms with Crippen molar-refractivity contribution in [1.29, 1.82) is 0 Å². The summed E-state index contributed by atoms with van der Waals surface area (Å²) in [6.45, 7) is 0. The lowest BCUT2D eigenvalue weighted by atomic mass is 10.4. The number of nitrogens with zero attached hydrogens (tertiary/aromatic N) is 2. The number of rotatable bonds is 1. The topological polar surface area (TPSA) is 64.9 Å². The van der Waals surface area contributed by atoms with Crippen molar-refractivity contribution in [2.45, 2.75) is 5.22 Å². The number of thioether (sulfide) groups is 1. The number of nitrogen functional groups attached to an aromatic ring is 1. The zero-order chi connectivity index (χ0) is 8.55. The Labute approximate surface area is 73.2 Å².